The molecule has 0 aliphatic heterocycles. The maximum absolute atomic E-state index is 5.84. The van der Waals surface area contributed by atoms with Crippen molar-refractivity contribution in [2.75, 3.05) is 0 Å². The van der Waals surface area contributed by atoms with E-state index in [9.17, 15) is 0 Å². The lowest BCUT2D eigenvalue weighted by molar-refractivity contribution is 0.693. The summed E-state index contributed by atoms with van der Waals surface area (Å²) < 4.78 is 0. The molecule has 1 N–H and O–H groups in total. The van der Waals surface area contributed by atoms with Gasteiger partial charge in [-0.2, -0.15) is 0 Å². The van der Waals surface area contributed by atoms with Gasteiger partial charge in [-0.15, -0.1) is 0 Å². The molecule has 0 fully saturated rings. The quantitative estimate of drug-likeness (QED) is 0.861. The molecule has 0 bridgehead atoms. The molecule has 0 unspecified atom stereocenters. The van der Waals surface area contributed by atoms with Crippen molar-refractivity contribution < 1.29 is 0 Å². The number of hydrogen-bond acceptors (Lipinski definition) is 1. The van der Waals surface area contributed by atoms with Gasteiger partial charge in [0, 0.05) is 18.1 Å². The van der Waals surface area contributed by atoms with E-state index in [4.69, 9.17) is 11.6 Å². The highest BCUT2D eigenvalue weighted by molar-refractivity contribution is 6.30. The van der Waals surface area contributed by atoms with Gasteiger partial charge >= 0.3 is 0 Å². The predicted molar refractivity (Wildman–Crippen MR) is 73.2 cm³/mol. The Morgan fingerprint density at radius 1 is 0.941 bits per heavy atom. The molecule has 0 atom stereocenters. The zero-order valence-corrected chi connectivity index (χ0v) is 10.7. The van der Waals surface area contributed by atoms with E-state index in [0.717, 1.165) is 18.1 Å². The Kier molecular flexibility index (Phi) is 4.18. The van der Waals surface area contributed by atoms with Crippen LogP contribution in [0.4, 0.5) is 0 Å². The van der Waals surface area contributed by atoms with Gasteiger partial charge in [0.05, 0.1) is 0 Å². The maximum atomic E-state index is 5.84. The highest BCUT2D eigenvalue weighted by Crippen LogP contribution is 2.09. The van der Waals surface area contributed by atoms with Crippen molar-refractivity contribution in [3.8, 4) is 0 Å². The zero-order valence-electron chi connectivity index (χ0n) is 9.91. The Morgan fingerprint density at radius 3 is 2.35 bits per heavy atom. The topological polar surface area (TPSA) is 12.0 Å². The van der Waals surface area contributed by atoms with Gasteiger partial charge < -0.3 is 5.32 Å². The van der Waals surface area contributed by atoms with Crippen molar-refractivity contribution in [2.24, 2.45) is 0 Å². The van der Waals surface area contributed by atoms with E-state index < -0.39 is 0 Å². The number of rotatable bonds is 4. The Morgan fingerprint density at radius 2 is 1.65 bits per heavy atom. The lowest BCUT2D eigenvalue weighted by Gasteiger charge is -2.06. The molecule has 2 aromatic rings. The Hall–Kier alpha value is -1.31. The third-order valence-electron chi connectivity index (χ3n) is 2.65. The molecule has 0 saturated carbocycles. The van der Waals surface area contributed by atoms with Gasteiger partial charge in [-0.25, -0.2) is 0 Å². The van der Waals surface area contributed by atoms with Crippen LogP contribution in [0.5, 0.6) is 0 Å². The third kappa shape index (κ3) is 3.88. The van der Waals surface area contributed by atoms with Crippen LogP contribution in [0.25, 0.3) is 0 Å². The van der Waals surface area contributed by atoms with Crippen molar-refractivity contribution in [3.63, 3.8) is 0 Å². The van der Waals surface area contributed by atoms with Crippen LogP contribution in [0.15, 0.2) is 48.5 Å². The van der Waals surface area contributed by atoms with E-state index in [1.807, 2.05) is 24.3 Å². The average Bonchev–Trinajstić information content (AvgIpc) is 2.32. The standard InChI is InChI=1S/C15H16ClN/c1-12-3-2-4-14(9-12)11-17-10-13-5-7-15(16)8-6-13/h2-9,17H,10-11H2,1H3. The fourth-order valence-electron chi connectivity index (χ4n) is 1.78. The largest absolute Gasteiger partial charge is 0.309 e. The summed E-state index contributed by atoms with van der Waals surface area (Å²) in [6.45, 7) is 3.87. The summed E-state index contributed by atoms with van der Waals surface area (Å²) in [5.74, 6) is 0. The summed E-state index contributed by atoms with van der Waals surface area (Å²) in [6, 6.07) is 16.5. The minimum Gasteiger partial charge on any atom is -0.309 e. The second kappa shape index (κ2) is 5.85. The number of aryl methyl sites for hydroxylation is 1. The molecular formula is C15H16ClN. The molecule has 2 heteroatoms. The number of hydrogen-bond donors (Lipinski definition) is 1. The van der Waals surface area contributed by atoms with Crippen LogP contribution in [0.3, 0.4) is 0 Å². The van der Waals surface area contributed by atoms with E-state index in [2.05, 4.69) is 36.5 Å². The van der Waals surface area contributed by atoms with Gasteiger partial charge in [0.15, 0.2) is 0 Å². The normalized spacial score (nSPS) is 10.5. The number of halogens is 1. The molecular weight excluding hydrogens is 230 g/mol. The Balaban J connectivity index is 1.85. The van der Waals surface area contributed by atoms with Gasteiger partial charge in [0.25, 0.3) is 0 Å². The SMILES string of the molecule is Cc1cccc(CNCc2ccc(Cl)cc2)c1. The van der Waals surface area contributed by atoms with Crippen LogP contribution in [0, 0.1) is 6.92 Å². The molecule has 1 nitrogen and oxygen atoms in total. The van der Waals surface area contributed by atoms with Crippen LogP contribution >= 0.6 is 11.6 Å². The molecule has 0 aliphatic rings. The van der Waals surface area contributed by atoms with Crippen LogP contribution in [-0.2, 0) is 13.1 Å². The molecule has 88 valence electrons. The number of benzene rings is 2. The monoisotopic (exact) mass is 245 g/mol. The van der Waals surface area contributed by atoms with Crippen LogP contribution < -0.4 is 5.32 Å². The molecule has 0 spiro atoms. The average molecular weight is 246 g/mol. The summed E-state index contributed by atoms with van der Waals surface area (Å²) in [4.78, 5) is 0. The fraction of sp³-hybridized carbons (Fsp3) is 0.200. The summed E-state index contributed by atoms with van der Waals surface area (Å²) in [5, 5.41) is 4.21. The van der Waals surface area contributed by atoms with Crippen molar-refractivity contribution >= 4 is 11.6 Å². The van der Waals surface area contributed by atoms with Crippen LogP contribution in [0.1, 0.15) is 16.7 Å². The molecule has 0 saturated heterocycles. The highest BCUT2D eigenvalue weighted by Gasteiger charge is 1.95. The van der Waals surface area contributed by atoms with Gasteiger partial charge in [0.1, 0.15) is 0 Å². The van der Waals surface area contributed by atoms with Crippen LogP contribution in [0.2, 0.25) is 5.02 Å². The molecule has 0 aromatic heterocycles. The molecule has 2 rings (SSSR count). The van der Waals surface area contributed by atoms with Crippen molar-refractivity contribution in [3.05, 3.63) is 70.2 Å². The van der Waals surface area contributed by atoms with E-state index in [-0.39, 0.29) is 0 Å². The van der Waals surface area contributed by atoms with E-state index in [0.29, 0.717) is 0 Å². The third-order valence-corrected chi connectivity index (χ3v) is 2.91. The zero-order chi connectivity index (χ0) is 12.1. The Bertz CT molecular complexity index is 477. The predicted octanol–water partition coefficient (Wildman–Crippen LogP) is 3.94. The summed E-state index contributed by atoms with van der Waals surface area (Å²) in [7, 11) is 0. The molecule has 0 aliphatic carbocycles. The summed E-state index contributed by atoms with van der Waals surface area (Å²) >= 11 is 5.84. The fourth-order valence-corrected chi connectivity index (χ4v) is 1.90. The van der Waals surface area contributed by atoms with Crippen molar-refractivity contribution in [2.45, 2.75) is 20.0 Å². The lowest BCUT2D eigenvalue weighted by atomic mass is 10.1. The molecule has 17 heavy (non-hydrogen) atoms. The first-order valence-corrected chi connectivity index (χ1v) is 6.12. The summed E-state index contributed by atoms with van der Waals surface area (Å²) in [5.41, 5.74) is 3.87. The van der Waals surface area contributed by atoms with E-state index in [1.54, 1.807) is 0 Å². The van der Waals surface area contributed by atoms with Gasteiger partial charge in [-0.05, 0) is 30.2 Å². The van der Waals surface area contributed by atoms with E-state index in [1.165, 1.54) is 16.7 Å². The Labute approximate surface area is 107 Å². The maximum Gasteiger partial charge on any atom is 0.0406 e. The van der Waals surface area contributed by atoms with Crippen molar-refractivity contribution in [1.29, 1.82) is 0 Å². The van der Waals surface area contributed by atoms with Gasteiger partial charge in [-0.1, -0.05) is 53.6 Å². The summed E-state index contributed by atoms with van der Waals surface area (Å²) in [6.07, 6.45) is 0. The van der Waals surface area contributed by atoms with Gasteiger partial charge in [-0.3, -0.25) is 0 Å². The minimum absolute atomic E-state index is 0.785. The molecule has 2 aromatic carbocycles. The minimum atomic E-state index is 0.785. The smallest absolute Gasteiger partial charge is 0.0406 e. The first kappa shape index (κ1) is 12.2. The molecule has 0 radical (unpaired) electrons. The van der Waals surface area contributed by atoms with Crippen molar-refractivity contribution in [1.82, 2.24) is 5.32 Å². The highest BCUT2D eigenvalue weighted by atomic mass is 35.5. The number of nitrogens with one attached hydrogen (secondary N) is 1. The van der Waals surface area contributed by atoms with Gasteiger partial charge in [0.2, 0.25) is 0 Å². The molecule has 0 amide bonds. The lowest BCUT2D eigenvalue weighted by Crippen LogP contribution is -2.12. The van der Waals surface area contributed by atoms with Crippen LogP contribution in [-0.4, -0.2) is 0 Å². The first-order valence-electron chi connectivity index (χ1n) is 5.75. The van der Waals surface area contributed by atoms with E-state index >= 15 is 0 Å². The first-order chi connectivity index (χ1) is 8.24. The second-order valence-corrected chi connectivity index (χ2v) is 4.66. The second-order valence-electron chi connectivity index (χ2n) is 4.22. The molecule has 0 heterocycles.